The van der Waals surface area contributed by atoms with Crippen molar-refractivity contribution in [2.24, 2.45) is 0 Å². The van der Waals surface area contributed by atoms with Gasteiger partial charge in [0, 0.05) is 24.7 Å². The quantitative estimate of drug-likeness (QED) is 0.386. The van der Waals surface area contributed by atoms with E-state index in [-0.39, 0.29) is 17.8 Å². The first-order valence-corrected chi connectivity index (χ1v) is 11.8. The van der Waals surface area contributed by atoms with Crippen molar-refractivity contribution >= 4 is 17.2 Å². The first-order chi connectivity index (χ1) is 16.1. The van der Waals surface area contributed by atoms with Gasteiger partial charge in [0.05, 0.1) is 28.0 Å². The number of piperidine rings is 1. The fourth-order valence-electron chi connectivity index (χ4n) is 4.24. The first kappa shape index (κ1) is 21.5. The molecule has 0 unspecified atom stereocenters. The number of nitrogens with zero attached hydrogens (tertiary/aromatic N) is 4. The second-order valence-electron chi connectivity index (χ2n) is 8.18. The van der Waals surface area contributed by atoms with Crippen LogP contribution in [0.25, 0.3) is 10.6 Å². The van der Waals surface area contributed by atoms with Gasteiger partial charge in [-0.25, -0.2) is 14.4 Å². The largest absolute Gasteiger partial charge is 0.443 e. The van der Waals surface area contributed by atoms with Crippen LogP contribution in [0.5, 0.6) is 0 Å². The monoisotopic (exact) mass is 462 g/mol. The lowest BCUT2D eigenvalue weighted by Gasteiger charge is -2.33. The maximum absolute atomic E-state index is 13.5. The lowest BCUT2D eigenvalue weighted by atomic mass is 10.0. The van der Waals surface area contributed by atoms with Crippen molar-refractivity contribution < 1.29 is 13.6 Å². The zero-order chi connectivity index (χ0) is 22.8. The van der Waals surface area contributed by atoms with Crippen molar-refractivity contribution in [2.75, 3.05) is 6.54 Å². The van der Waals surface area contributed by atoms with E-state index in [1.54, 1.807) is 30.0 Å². The maximum Gasteiger partial charge on any atom is 0.254 e. The van der Waals surface area contributed by atoms with E-state index in [0.29, 0.717) is 30.2 Å². The molecule has 3 aromatic heterocycles. The van der Waals surface area contributed by atoms with Crippen LogP contribution in [0.2, 0.25) is 0 Å². The van der Waals surface area contributed by atoms with E-state index in [1.165, 1.54) is 23.5 Å². The molecule has 1 amide bonds. The zero-order valence-corrected chi connectivity index (χ0v) is 19.0. The average Bonchev–Trinajstić information content (AvgIpc) is 3.47. The first-order valence-electron chi connectivity index (χ1n) is 10.9. The molecule has 1 saturated heterocycles. The zero-order valence-electron chi connectivity index (χ0n) is 18.2. The number of carbonyl (C=O) groups is 1. The number of halogens is 1. The molecule has 4 heterocycles. The minimum atomic E-state index is -0.276. The average molecular weight is 463 g/mol. The highest BCUT2D eigenvalue weighted by molar-refractivity contribution is 7.13. The molecule has 33 heavy (non-hydrogen) atoms. The number of hydrogen-bond donors (Lipinski definition) is 0. The van der Waals surface area contributed by atoms with Gasteiger partial charge in [0.2, 0.25) is 5.89 Å². The summed E-state index contributed by atoms with van der Waals surface area (Å²) in [6.07, 6.45) is 6.52. The Kier molecular flexibility index (Phi) is 6.00. The van der Waals surface area contributed by atoms with E-state index in [0.717, 1.165) is 41.1 Å². The van der Waals surface area contributed by atoms with E-state index in [1.807, 2.05) is 24.0 Å². The van der Waals surface area contributed by atoms with Crippen molar-refractivity contribution in [3.63, 3.8) is 0 Å². The molecule has 1 aromatic carbocycles. The number of carbonyl (C=O) groups excluding carboxylic acids is 1. The Labute approximate surface area is 195 Å². The van der Waals surface area contributed by atoms with Crippen molar-refractivity contribution in [1.29, 1.82) is 0 Å². The van der Waals surface area contributed by atoms with Crippen LogP contribution in [0.4, 0.5) is 4.39 Å². The van der Waals surface area contributed by atoms with Crippen molar-refractivity contribution in [1.82, 2.24) is 19.9 Å². The number of hydrogen-bond acceptors (Lipinski definition) is 6. The Hall–Kier alpha value is -3.39. The topological polar surface area (TPSA) is 72.1 Å². The minimum Gasteiger partial charge on any atom is -0.443 e. The Bertz CT molecular complexity index is 1280. The van der Waals surface area contributed by atoms with Crippen LogP contribution >= 0.6 is 11.3 Å². The Morgan fingerprint density at radius 2 is 2.12 bits per heavy atom. The van der Waals surface area contributed by atoms with E-state index < -0.39 is 0 Å². The summed E-state index contributed by atoms with van der Waals surface area (Å²) >= 11 is 1.51. The van der Waals surface area contributed by atoms with Gasteiger partial charge in [-0.15, -0.1) is 11.3 Å². The summed E-state index contributed by atoms with van der Waals surface area (Å²) in [6, 6.07) is 9.80. The van der Waals surface area contributed by atoms with Gasteiger partial charge in [0.25, 0.3) is 5.91 Å². The summed E-state index contributed by atoms with van der Waals surface area (Å²) in [4.78, 5) is 29.5. The third-order valence-corrected chi connectivity index (χ3v) is 6.82. The molecule has 0 aliphatic carbocycles. The number of aryl methyl sites for hydroxylation is 1. The van der Waals surface area contributed by atoms with E-state index in [9.17, 15) is 9.18 Å². The van der Waals surface area contributed by atoms with Gasteiger partial charge < -0.3 is 9.32 Å². The van der Waals surface area contributed by atoms with Gasteiger partial charge in [-0.3, -0.25) is 9.78 Å². The normalized spacial score (nSPS) is 16.2. The van der Waals surface area contributed by atoms with Gasteiger partial charge in [0.1, 0.15) is 17.6 Å². The van der Waals surface area contributed by atoms with E-state index >= 15 is 0 Å². The molecule has 4 aromatic rings. The number of benzene rings is 1. The highest BCUT2D eigenvalue weighted by Crippen LogP contribution is 2.33. The summed E-state index contributed by atoms with van der Waals surface area (Å²) in [5.41, 5.74) is 4.84. The molecule has 1 aliphatic heterocycles. The second-order valence-corrected chi connectivity index (χ2v) is 9.03. The molecular weight excluding hydrogens is 439 g/mol. The number of rotatable bonds is 5. The van der Waals surface area contributed by atoms with Crippen LogP contribution in [0.3, 0.4) is 0 Å². The molecule has 0 saturated carbocycles. The minimum absolute atomic E-state index is 0.0598. The van der Waals surface area contributed by atoms with Crippen LogP contribution in [0.15, 0.2) is 58.7 Å². The number of amides is 1. The summed E-state index contributed by atoms with van der Waals surface area (Å²) in [7, 11) is 0. The van der Waals surface area contributed by atoms with Crippen molar-refractivity contribution in [3.05, 3.63) is 88.6 Å². The predicted molar refractivity (Wildman–Crippen MR) is 123 cm³/mol. The van der Waals surface area contributed by atoms with Gasteiger partial charge >= 0.3 is 0 Å². The van der Waals surface area contributed by atoms with Gasteiger partial charge in [0.15, 0.2) is 0 Å². The highest BCUT2D eigenvalue weighted by atomic mass is 32.1. The lowest BCUT2D eigenvalue weighted by Crippen LogP contribution is -2.38. The van der Waals surface area contributed by atoms with Crippen LogP contribution < -0.4 is 0 Å². The molecule has 168 valence electrons. The van der Waals surface area contributed by atoms with Gasteiger partial charge in [-0.2, -0.15) is 0 Å². The van der Waals surface area contributed by atoms with E-state index in [2.05, 4.69) is 15.0 Å². The molecule has 0 radical (unpaired) electrons. The summed E-state index contributed by atoms with van der Waals surface area (Å²) in [5, 5.41) is 0. The molecule has 1 aliphatic rings. The fourth-order valence-corrected chi connectivity index (χ4v) is 5.01. The molecule has 0 N–H and O–H groups in total. The Morgan fingerprint density at radius 1 is 1.21 bits per heavy atom. The summed E-state index contributed by atoms with van der Waals surface area (Å²) in [5.74, 6) is 0.847. The highest BCUT2D eigenvalue weighted by Gasteiger charge is 2.32. The molecule has 1 fully saturated rings. The lowest BCUT2D eigenvalue weighted by molar-refractivity contribution is 0.0570. The second kappa shape index (κ2) is 9.23. The maximum atomic E-state index is 13.5. The molecule has 8 heteroatoms. The summed E-state index contributed by atoms with van der Waals surface area (Å²) in [6.45, 7) is 2.58. The molecule has 5 rings (SSSR count). The molecule has 1 atom stereocenters. The Morgan fingerprint density at radius 3 is 2.94 bits per heavy atom. The molecular formula is C25H23FN4O2S. The number of thiazole rings is 1. The SMILES string of the molecule is Cc1ncsc1-c1cc(C(=O)N2CCCC[C@@H]2c2ncc(Cc3cccc(F)c3)o2)ccn1. The third-order valence-electron chi connectivity index (χ3n) is 5.87. The Balaban J connectivity index is 1.38. The number of pyridine rings is 1. The van der Waals surface area contributed by atoms with Crippen molar-refractivity contribution in [2.45, 2.75) is 38.6 Å². The third kappa shape index (κ3) is 4.57. The number of likely N-dealkylation sites (tertiary alicyclic amines) is 1. The fraction of sp³-hybridized carbons (Fsp3) is 0.280. The van der Waals surface area contributed by atoms with Gasteiger partial charge in [-0.05, 0) is 56.0 Å². The van der Waals surface area contributed by atoms with E-state index in [4.69, 9.17) is 4.42 Å². The van der Waals surface area contributed by atoms with Crippen LogP contribution in [0.1, 0.15) is 58.6 Å². The number of oxazole rings is 1. The predicted octanol–water partition coefficient (Wildman–Crippen LogP) is 5.60. The van der Waals surface area contributed by atoms with Crippen LogP contribution in [-0.2, 0) is 6.42 Å². The van der Waals surface area contributed by atoms with Crippen LogP contribution in [0, 0.1) is 12.7 Å². The summed E-state index contributed by atoms with van der Waals surface area (Å²) < 4.78 is 19.5. The number of aromatic nitrogens is 3. The van der Waals surface area contributed by atoms with Gasteiger partial charge in [-0.1, -0.05) is 12.1 Å². The smallest absolute Gasteiger partial charge is 0.254 e. The van der Waals surface area contributed by atoms with Crippen molar-refractivity contribution in [3.8, 4) is 10.6 Å². The molecule has 6 nitrogen and oxygen atoms in total. The molecule has 0 spiro atoms. The molecule has 0 bridgehead atoms. The standard InChI is InChI=1S/C25H23FN4O2S/c1-16-23(33-15-29-16)21-13-18(8-9-27-21)25(31)30-10-3-2-7-22(30)24-28-14-20(32-24)12-17-5-4-6-19(26)11-17/h4-6,8-9,11,13-15,22H,2-3,7,10,12H2,1H3/t22-/m1/s1. The van der Waals surface area contributed by atoms with Crippen LogP contribution in [-0.4, -0.2) is 32.3 Å².